The first-order valence-corrected chi connectivity index (χ1v) is 12.9. The Bertz CT molecular complexity index is 380. The van der Waals surface area contributed by atoms with Gasteiger partial charge < -0.3 is 5.11 Å². The van der Waals surface area contributed by atoms with Gasteiger partial charge in [-0.2, -0.15) is 0 Å². The van der Waals surface area contributed by atoms with Gasteiger partial charge >= 0.3 is 0 Å². The highest BCUT2D eigenvalue weighted by molar-refractivity contribution is 4.92. The number of hydrogen-bond acceptors (Lipinski definition) is 1. The molecule has 29 heavy (non-hydrogen) atoms. The van der Waals surface area contributed by atoms with Gasteiger partial charge in [-0.3, -0.25) is 0 Å². The number of unbranched alkanes of at least 4 members (excludes halogenated alkanes) is 12. The number of aliphatic hydroxyl groups is 1. The Morgan fingerprint density at radius 1 is 0.517 bits per heavy atom. The Labute approximate surface area is 183 Å². The minimum atomic E-state index is -0.0621. The van der Waals surface area contributed by atoms with E-state index < -0.39 is 0 Å². The Morgan fingerprint density at radius 3 is 1.48 bits per heavy atom. The fraction of sp³-hybridized carbons (Fsp3) is 0.786. The van der Waals surface area contributed by atoms with E-state index >= 15 is 0 Å². The van der Waals surface area contributed by atoms with Crippen molar-refractivity contribution in [2.24, 2.45) is 0 Å². The lowest BCUT2D eigenvalue weighted by Crippen LogP contribution is -2.05. The molecule has 0 rings (SSSR count). The molecule has 0 aliphatic heterocycles. The van der Waals surface area contributed by atoms with Gasteiger partial charge in [-0.25, -0.2) is 0 Å². The molecule has 1 nitrogen and oxygen atoms in total. The SMILES string of the molecule is CC/C=C\CCCCCCC(O)CCCCCCC/C=C\C/C=C\CCCCC. The fourth-order valence-corrected chi connectivity index (χ4v) is 3.62. The molecular weight excluding hydrogens is 352 g/mol. The maximum Gasteiger partial charge on any atom is 0.0540 e. The topological polar surface area (TPSA) is 20.2 Å². The van der Waals surface area contributed by atoms with E-state index in [0.29, 0.717) is 0 Å². The first-order valence-electron chi connectivity index (χ1n) is 12.9. The van der Waals surface area contributed by atoms with Crippen LogP contribution in [0.25, 0.3) is 0 Å². The van der Waals surface area contributed by atoms with Crippen LogP contribution in [-0.2, 0) is 0 Å². The van der Waals surface area contributed by atoms with Crippen molar-refractivity contribution in [1.29, 1.82) is 0 Å². The van der Waals surface area contributed by atoms with Crippen molar-refractivity contribution < 1.29 is 5.11 Å². The third-order valence-corrected chi connectivity index (χ3v) is 5.55. The molecule has 0 saturated carbocycles. The van der Waals surface area contributed by atoms with Crippen LogP contribution in [0.4, 0.5) is 0 Å². The predicted octanol–water partition coefficient (Wildman–Crippen LogP) is 9.47. The molecule has 0 aromatic carbocycles. The van der Waals surface area contributed by atoms with Crippen LogP contribution in [0.1, 0.15) is 136 Å². The summed E-state index contributed by atoms with van der Waals surface area (Å²) >= 11 is 0. The third kappa shape index (κ3) is 25.1. The monoisotopic (exact) mass is 404 g/mol. The molecule has 1 N–H and O–H groups in total. The van der Waals surface area contributed by atoms with Crippen LogP contribution in [0.2, 0.25) is 0 Å². The fourth-order valence-electron chi connectivity index (χ4n) is 3.62. The minimum absolute atomic E-state index is 0.0621. The van der Waals surface area contributed by atoms with E-state index in [0.717, 1.165) is 25.7 Å². The van der Waals surface area contributed by atoms with Crippen LogP contribution in [0.3, 0.4) is 0 Å². The quantitative estimate of drug-likeness (QED) is 0.141. The maximum atomic E-state index is 10.1. The summed E-state index contributed by atoms with van der Waals surface area (Å²) in [5.41, 5.74) is 0. The number of rotatable bonds is 22. The van der Waals surface area contributed by atoms with Gasteiger partial charge in [-0.1, -0.05) is 108 Å². The number of allylic oxidation sites excluding steroid dienone is 6. The van der Waals surface area contributed by atoms with Gasteiger partial charge in [0.05, 0.1) is 6.10 Å². The molecule has 170 valence electrons. The average Bonchev–Trinajstić information content (AvgIpc) is 2.72. The van der Waals surface area contributed by atoms with Gasteiger partial charge in [0.1, 0.15) is 0 Å². The second-order valence-electron chi connectivity index (χ2n) is 8.54. The zero-order valence-electron chi connectivity index (χ0n) is 19.9. The molecule has 1 heteroatoms. The predicted molar refractivity (Wildman–Crippen MR) is 132 cm³/mol. The highest BCUT2D eigenvalue weighted by atomic mass is 16.3. The van der Waals surface area contributed by atoms with Crippen molar-refractivity contribution in [1.82, 2.24) is 0 Å². The second kappa shape index (κ2) is 25.2. The maximum absolute atomic E-state index is 10.1. The van der Waals surface area contributed by atoms with E-state index in [1.807, 2.05) is 0 Å². The Hall–Kier alpha value is -0.820. The van der Waals surface area contributed by atoms with Gasteiger partial charge in [-0.15, -0.1) is 0 Å². The third-order valence-electron chi connectivity index (χ3n) is 5.55. The first-order chi connectivity index (χ1) is 14.3. The van der Waals surface area contributed by atoms with E-state index in [9.17, 15) is 5.11 Å². The lowest BCUT2D eigenvalue weighted by atomic mass is 10.0. The normalized spacial score (nSPS) is 13.3. The molecule has 1 unspecified atom stereocenters. The molecule has 0 aromatic heterocycles. The number of hydrogen-bond donors (Lipinski definition) is 1. The standard InChI is InChI=1S/C28H52O/c1-3-5-7-9-11-13-14-15-16-17-18-19-21-23-25-27-28(29)26-24-22-20-12-10-8-6-4-2/h6,8,11,13,15-16,28-29H,3-5,7,9-10,12,14,17-27H2,1-2H3/b8-6-,13-11-,16-15-. The van der Waals surface area contributed by atoms with Gasteiger partial charge in [0.15, 0.2) is 0 Å². The molecule has 0 aliphatic rings. The van der Waals surface area contributed by atoms with E-state index in [1.165, 1.54) is 96.3 Å². The van der Waals surface area contributed by atoms with Crippen LogP contribution in [0, 0.1) is 0 Å². The highest BCUT2D eigenvalue weighted by Gasteiger charge is 2.03. The largest absolute Gasteiger partial charge is 0.393 e. The summed E-state index contributed by atoms with van der Waals surface area (Å²) in [4.78, 5) is 0. The highest BCUT2D eigenvalue weighted by Crippen LogP contribution is 2.14. The van der Waals surface area contributed by atoms with Gasteiger partial charge in [0, 0.05) is 0 Å². The van der Waals surface area contributed by atoms with Crippen molar-refractivity contribution in [3.05, 3.63) is 36.5 Å². The summed E-state index contributed by atoms with van der Waals surface area (Å²) in [5.74, 6) is 0. The summed E-state index contributed by atoms with van der Waals surface area (Å²) in [7, 11) is 0. The van der Waals surface area contributed by atoms with Gasteiger partial charge in [0.25, 0.3) is 0 Å². The molecule has 0 spiro atoms. The summed E-state index contributed by atoms with van der Waals surface area (Å²) < 4.78 is 0. The van der Waals surface area contributed by atoms with Crippen LogP contribution >= 0.6 is 0 Å². The lowest BCUT2D eigenvalue weighted by Gasteiger charge is -2.10. The zero-order valence-corrected chi connectivity index (χ0v) is 19.9. The molecule has 0 bridgehead atoms. The zero-order chi connectivity index (χ0) is 21.3. The van der Waals surface area contributed by atoms with E-state index in [4.69, 9.17) is 0 Å². The molecule has 0 radical (unpaired) electrons. The first kappa shape index (κ1) is 28.2. The van der Waals surface area contributed by atoms with Gasteiger partial charge in [-0.05, 0) is 64.2 Å². The van der Waals surface area contributed by atoms with Gasteiger partial charge in [0.2, 0.25) is 0 Å². The van der Waals surface area contributed by atoms with E-state index in [-0.39, 0.29) is 6.10 Å². The average molecular weight is 405 g/mol. The van der Waals surface area contributed by atoms with Crippen molar-refractivity contribution in [2.45, 2.75) is 142 Å². The van der Waals surface area contributed by atoms with Crippen LogP contribution in [0.5, 0.6) is 0 Å². The number of aliphatic hydroxyl groups excluding tert-OH is 1. The van der Waals surface area contributed by atoms with E-state index in [2.05, 4.69) is 50.3 Å². The van der Waals surface area contributed by atoms with Crippen LogP contribution in [-0.4, -0.2) is 11.2 Å². The lowest BCUT2D eigenvalue weighted by molar-refractivity contribution is 0.147. The molecule has 0 saturated heterocycles. The summed E-state index contributed by atoms with van der Waals surface area (Å²) in [6.07, 6.45) is 37.3. The molecule has 0 heterocycles. The minimum Gasteiger partial charge on any atom is -0.393 e. The second-order valence-corrected chi connectivity index (χ2v) is 8.54. The van der Waals surface area contributed by atoms with Crippen LogP contribution < -0.4 is 0 Å². The van der Waals surface area contributed by atoms with E-state index in [1.54, 1.807) is 0 Å². The van der Waals surface area contributed by atoms with Crippen molar-refractivity contribution in [3.63, 3.8) is 0 Å². The molecule has 0 aromatic rings. The summed E-state index contributed by atoms with van der Waals surface area (Å²) in [6.45, 7) is 4.44. The van der Waals surface area contributed by atoms with Crippen molar-refractivity contribution >= 4 is 0 Å². The Kier molecular flexibility index (Phi) is 24.5. The Balaban J connectivity index is 3.27. The van der Waals surface area contributed by atoms with Crippen LogP contribution in [0.15, 0.2) is 36.5 Å². The van der Waals surface area contributed by atoms with Crippen molar-refractivity contribution in [3.8, 4) is 0 Å². The molecular formula is C28H52O. The van der Waals surface area contributed by atoms with Crippen molar-refractivity contribution in [2.75, 3.05) is 0 Å². The molecule has 0 amide bonds. The molecule has 1 atom stereocenters. The molecule has 0 fully saturated rings. The summed E-state index contributed by atoms with van der Waals surface area (Å²) in [6, 6.07) is 0. The Morgan fingerprint density at radius 2 is 0.966 bits per heavy atom. The smallest absolute Gasteiger partial charge is 0.0540 e. The summed E-state index contributed by atoms with van der Waals surface area (Å²) in [5, 5.41) is 10.1. The molecule has 0 aliphatic carbocycles.